The number of hydrogen-bond acceptors (Lipinski definition) is 4. The van der Waals surface area contributed by atoms with Crippen molar-refractivity contribution in [1.29, 1.82) is 0 Å². The average Bonchev–Trinajstić information content (AvgIpc) is 2.53. The minimum atomic E-state index is -0.179. The van der Waals surface area contributed by atoms with Gasteiger partial charge >= 0.3 is 0 Å². The zero-order chi connectivity index (χ0) is 14.7. The van der Waals surface area contributed by atoms with Crippen molar-refractivity contribution in [3.05, 3.63) is 30.5 Å². The molecule has 1 aromatic carbocycles. The van der Waals surface area contributed by atoms with E-state index in [9.17, 15) is 5.11 Å². The van der Waals surface area contributed by atoms with Crippen molar-refractivity contribution in [2.24, 2.45) is 5.92 Å². The summed E-state index contributed by atoms with van der Waals surface area (Å²) in [7, 11) is 1.67. The lowest BCUT2D eigenvalue weighted by atomic mass is 9.86. The van der Waals surface area contributed by atoms with Crippen LogP contribution in [0.4, 0.5) is 5.82 Å². The van der Waals surface area contributed by atoms with Crippen molar-refractivity contribution in [3.63, 3.8) is 0 Å². The molecule has 0 saturated heterocycles. The largest absolute Gasteiger partial charge is 0.497 e. The van der Waals surface area contributed by atoms with Gasteiger partial charge in [0.05, 0.1) is 13.2 Å². The van der Waals surface area contributed by atoms with E-state index in [4.69, 9.17) is 4.74 Å². The molecular weight excluding hydrogens is 264 g/mol. The number of anilines is 1. The molecular formula is C17H22N2O2. The Labute approximate surface area is 125 Å². The fourth-order valence-corrected chi connectivity index (χ4v) is 3.08. The average molecular weight is 286 g/mol. The zero-order valence-corrected chi connectivity index (χ0v) is 12.4. The van der Waals surface area contributed by atoms with Crippen LogP contribution >= 0.6 is 0 Å². The van der Waals surface area contributed by atoms with E-state index >= 15 is 0 Å². The summed E-state index contributed by atoms with van der Waals surface area (Å²) in [6.07, 6.45) is 6.00. The first-order valence-corrected chi connectivity index (χ1v) is 7.62. The van der Waals surface area contributed by atoms with Crippen LogP contribution in [0.1, 0.15) is 25.7 Å². The molecule has 1 aliphatic carbocycles. The van der Waals surface area contributed by atoms with Gasteiger partial charge in [0.25, 0.3) is 0 Å². The Kier molecular flexibility index (Phi) is 4.25. The third-order valence-corrected chi connectivity index (χ3v) is 4.37. The third kappa shape index (κ3) is 3.10. The van der Waals surface area contributed by atoms with Crippen LogP contribution in [0.5, 0.6) is 5.75 Å². The Bertz CT molecular complexity index is 615. The Hall–Kier alpha value is -1.81. The van der Waals surface area contributed by atoms with E-state index in [1.807, 2.05) is 24.3 Å². The fraction of sp³-hybridized carbons (Fsp3) is 0.471. The fourth-order valence-electron chi connectivity index (χ4n) is 3.08. The lowest BCUT2D eigenvalue weighted by molar-refractivity contribution is 0.0763. The van der Waals surface area contributed by atoms with Crippen molar-refractivity contribution < 1.29 is 9.84 Å². The Balaban J connectivity index is 1.77. The number of ether oxygens (including phenoxy) is 1. The lowest BCUT2D eigenvalue weighted by Crippen LogP contribution is -2.30. The Morgan fingerprint density at radius 3 is 2.95 bits per heavy atom. The second-order valence-corrected chi connectivity index (χ2v) is 5.74. The molecule has 1 aromatic heterocycles. The monoisotopic (exact) mass is 286 g/mol. The second-order valence-electron chi connectivity index (χ2n) is 5.74. The number of nitrogens with zero attached hydrogens (tertiary/aromatic N) is 1. The molecule has 0 spiro atoms. The van der Waals surface area contributed by atoms with Gasteiger partial charge in [0.1, 0.15) is 11.6 Å². The number of nitrogens with one attached hydrogen (secondary N) is 1. The van der Waals surface area contributed by atoms with Gasteiger partial charge in [0.2, 0.25) is 0 Å². The standard InChI is InChI=1S/C17H22N2O2/c1-21-14-6-7-15-12(10-14)8-9-18-17(15)19-11-13-4-2-3-5-16(13)20/h6-10,13,16,20H,2-5,11H2,1H3,(H,18,19). The van der Waals surface area contributed by atoms with Gasteiger partial charge in [-0.3, -0.25) is 0 Å². The lowest BCUT2D eigenvalue weighted by Gasteiger charge is -2.27. The van der Waals surface area contributed by atoms with Gasteiger partial charge in [-0.25, -0.2) is 4.98 Å². The van der Waals surface area contributed by atoms with Crippen molar-refractivity contribution in [2.75, 3.05) is 19.0 Å². The van der Waals surface area contributed by atoms with Crippen LogP contribution in [0.2, 0.25) is 0 Å². The molecule has 4 nitrogen and oxygen atoms in total. The van der Waals surface area contributed by atoms with E-state index in [0.717, 1.165) is 48.1 Å². The number of benzene rings is 1. The molecule has 112 valence electrons. The van der Waals surface area contributed by atoms with Gasteiger partial charge in [0, 0.05) is 24.0 Å². The maximum Gasteiger partial charge on any atom is 0.133 e. The van der Waals surface area contributed by atoms with Crippen LogP contribution in [0.3, 0.4) is 0 Å². The van der Waals surface area contributed by atoms with Gasteiger partial charge in [-0.2, -0.15) is 0 Å². The number of aliphatic hydroxyl groups is 1. The molecule has 3 rings (SSSR count). The molecule has 1 saturated carbocycles. The normalized spacial score (nSPS) is 22.2. The number of pyridine rings is 1. The topological polar surface area (TPSA) is 54.4 Å². The van der Waals surface area contributed by atoms with E-state index in [0.29, 0.717) is 5.92 Å². The minimum Gasteiger partial charge on any atom is -0.497 e. The summed E-state index contributed by atoms with van der Waals surface area (Å²) in [5.74, 6) is 2.06. The highest BCUT2D eigenvalue weighted by Crippen LogP contribution is 2.28. The Morgan fingerprint density at radius 1 is 1.29 bits per heavy atom. The van der Waals surface area contributed by atoms with E-state index < -0.39 is 0 Å². The van der Waals surface area contributed by atoms with Crippen LogP contribution in [-0.2, 0) is 0 Å². The molecule has 2 unspecified atom stereocenters. The quantitative estimate of drug-likeness (QED) is 0.906. The van der Waals surface area contributed by atoms with E-state index in [1.54, 1.807) is 13.3 Å². The van der Waals surface area contributed by atoms with Crippen LogP contribution in [0.25, 0.3) is 10.8 Å². The highest BCUT2D eigenvalue weighted by atomic mass is 16.5. The van der Waals surface area contributed by atoms with Gasteiger partial charge in [0.15, 0.2) is 0 Å². The van der Waals surface area contributed by atoms with Crippen molar-refractivity contribution in [2.45, 2.75) is 31.8 Å². The van der Waals surface area contributed by atoms with Crippen molar-refractivity contribution in [3.8, 4) is 5.75 Å². The first-order chi connectivity index (χ1) is 10.3. The van der Waals surface area contributed by atoms with Crippen molar-refractivity contribution in [1.82, 2.24) is 4.98 Å². The molecule has 0 amide bonds. The summed E-state index contributed by atoms with van der Waals surface area (Å²) < 4.78 is 5.26. The maximum absolute atomic E-state index is 10.1. The number of methoxy groups -OCH3 is 1. The van der Waals surface area contributed by atoms with E-state index in [2.05, 4.69) is 10.3 Å². The molecule has 0 aliphatic heterocycles. The van der Waals surface area contributed by atoms with Gasteiger partial charge in [-0.05, 0) is 42.5 Å². The number of aliphatic hydroxyl groups excluding tert-OH is 1. The molecule has 0 radical (unpaired) electrons. The molecule has 4 heteroatoms. The SMILES string of the molecule is COc1ccc2c(NCC3CCCCC3O)nccc2c1. The number of fused-ring (bicyclic) bond motifs is 1. The van der Waals surface area contributed by atoms with Crippen molar-refractivity contribution >= 4 is 16.6 Å². The smallest absolute Gasteiger partial charge is 0.133 e. The van der Waals surface area contributed by atoms with E-state index in [-0.39, 0.29) is 6.10 Å². The molecule has 1 fully saturated rings. The summed E-state index contributed by atoms with van der Waals surface area (Å²) >= 11 is 0. The van der Waals surface area contributed by atoms with Crippen LogP contribution in [-0.4, -0.2) is 29.8 Å². The minimum absolute atomic E-state index is 0.179. The third-order valence-electron chi connectivity index (χ3n) is 4.37. The summed E-state index contributed by atoms with van der Waals surface area (Å²) in [6, 6.07) is 7.97. The maximum atomic E-state index is 10.1. The van der Waals surface area contributed by atoms with Gasteiger partial charge in [-0.15, -0.1) is 0 Å². The number of aromatic nitrogens is 1. The molecule has 2 aromatic rings. The van der Waals surface area contributed by atoms with Gasteiger partial charge < -0.3 is 15.2 Å². The molecule has 2 atom stereocenters. The summed E-state index contributed by atoms with van der Waals surface area (Å²) in [6.45, 7) is 0.777. The first-order valence-electron chi connectivity index (χ1n) is 7.62. The Morgan fingerprint density at radius 2 is 2.14 bits per heavy atom. The predicted octanol–water partition coefficient (Wildman–Crippen LogP) is 3.21. The molecule has 0 bridgehead atoms. The van der Waals surface area contributed by atoms with E-state index in [1.165, 1.54) is 6.42 Å². The van der Waals surface area contributed by atoms with Crippen LogP contribution in [0.15, 0.2) is 30.5 Å². The highest BCUT2D eigenvalue weighted by molar-refractivity contribution is 5.92. The molecule has 2 N–H and O–H groups in total. The molecule has 1 heterocycles. The zero-order valence-electron chi connectivity index (χ0n) is 12.4. The summed E-state index contributed by atoms with van der Waals surface area (Å²) in [5.41, 5.74) is 0. The second kappa shape index (κ2) is 6.31. The highest BCUT2D eigenvalue weighted by Gasteiger charge is 2.22. The van der Waals surface area contributed by atoms with Crippen LogP contribution < -0.4 is 10.1 Å². The summed E-state index contributed by atoms with van der Waals surface area (Å²) in [5, 5.41) is 15.7. The molecule has 1 aliphatic rings. The molecule has 21 heavy (non-hydrogen) atoms. The predicted molar refractivity (Wildman–Crippen MR) is 84.7 cm³/mol. The first kappa shape index (κ1) is 14.1. The number of hydrogen-bond donors (Lipinski definition) is 2. The van der Waals surface area contributed by atoms with Crippen LogP contribution in [0, 0.1) is 5.92 Å². The van der Waals surface area contributed by atoms with Gasteiger partial charge in [-0.1, -0.05) is 12.8 Å². The number of rotatable bonds is 4. The summed E-state index contributed by atoms with van der Waals surface area (Å²) in [4.78, 5) is 4.44.